The highest BCUT2D eigenvalue weighted by Gasteiger charge is 2.41. The maximum atomic E-state index is 6.35. The molecule has 1 spiro atoms. The van der Waals surface area contributed by atoms with Crippen LogP contribution in [0.4, 0.5) is 0 Å². The van der Waals surface area contributed by atoms with Gasteiger partial charge in [0, 0.05) is 25.7 Å². The summed E-state index contributed by atoms with van der Waals surface area (Å²) in [5.74, 6) is 0. The van der Waals surface area contributed by atoms with Crippen LogP contribution < -0.4 is 5.73 Å². The lowest BCUT2D eigenvalue weighted by Gasteiger charge is -2.39. The Labute approximate surface area is 98.3 Å². The molecule has 3 aliphatic rings. The van der Waals surface area contributed by atoms with Gasteiger partial charge in [-0.3, -0.25) is 4.90 Å². The minimum Gasteiger partial charge on any atom is -0.370 e. The lowest BCUT2D eigenvalue weighted by Crippen LogP contribution is -2.57. The summed E-state index contributed by atoms with van der Waals surface area (Å²) in [7, 11) is 0. The predicted molar refractivity (Wildman–Crippen MR) is 64.3 cm³/mol. The van der Waals surface area contributed by atoms with Gasteiger partial charge in [-0.15, -0.1) is 0 Å². The minimum atomic E-state index is 0.288. The molecule has 0 aromatic heterocycles. The molecule has 3 rings (SSSR count). The Kier molecular flexibility index (Phi) is 2.94. The van der Waals surface area contributed by atoms with Gasteiger partial charge in [-0.05, 0) is 25.7 Å². The fourth-order valence-corrected chi connectivity index (χ4v) is 3.63. The molecule has 0 radical (unpaired) electrons. The van der Waals surface area contributed by atoms with Crippen LogP contribution in [0.15, 0.2) is 0 Å². The first kappa shape index (κ1) is 11.0. The Morgan fingerprint density at radius 3 is 2.56 bits per heavy atom. The maximum Gasteiger partial charge on any atom is 0.0710 e. The number of hydrogen-bond acceptors (Lipinski definition) is 3. The summed E-state index contributed by atoms with van der Waals surface area (Å²) in [4.78, 5) is 2.44. The molecule has 2 heterocycles. The van der Waals surface area contributed by atoms with Crippen LogP contribution in [-0.2, 0) is 4.74 Å². The van der Waals surface area contributed by atoms with Crippen molar-refractivity contribution in [3.8, 4) is 0 Å². The highest BCUT2D eigenvalue weighted by atomic mass is 16.5. The molecule has 1 aliphatic carbocycles. The lowest BCUT2D eigenvalue weighted by molar-refractivity contribution is -0.0771. The molecule has 0 bridgehead atoms. The third-order valence-electron chi connectivity index (χ3n) is 4.55. The molecule has 3 fully saturated rings. The van der Waals surface area contributed by atoms with Crippen LogP contribution in [0.5, 0.6) is 0 Å². The average molecular weight is 224 g/mol. The summed E-state index contributed by atoms with van der Waals surface area (Å²) in [6.07, 6.45) is 9.85. The monoisotopic (exact) mass is 224 g/mol. The van der Waals surface area contributed by atoms with E-state index in [0.29, 0.717) is 12.1 Å². The third-order valence-corrected chi connectivity index (χ3v) is 4.55. The Morgan fingerprint density at radius 2 is 1.88 bits per heavy atom. The standard InChI is InChI=1S/C13H24N2O/c14-11-8-15(9-11)10-12-4-7-13(16-12)5-2-1-3-6-13/h11-12H,1-10,14H2. The van der Waals surface area contributed by atoms with Gasteiger partial charge in [0.15, 0.2) is 0 Å². The van der Waals surface area contributed by atoms with Gasteiger partial charge < -0.3 is 10.5 Å². The fourth-order valence-electron chi connectivity index (χ4n) is 3.63. The zero-order valence-electron chi connectivity index (χ0n) is 10.2. The van der Waals surface area contributed by atoms with Crippen molar-refractivity contribution in [2.24, 2.45) is 5.73 Å². The van der Waals surface area contributed by atoms with Crippen molar-refractivity contribution in [2.75, 3.05) is 19.6 Å². The summed E-state index contributed by atoms with van der Waals surface area (Å²) in [5.41, 5.74) is 6.08. The van der Waals surface area contributed by atoms with Crippen LogP contribution >= 0.6 is 0 Å². The predicted octanol–water partition coefficient (Wildman–Crippen LogP) is 1.51. The second kappa shape index (κ2) is 4.28. The van der Waals surface area contributed by atoms with E-state index in [9.17, 15) is 0 Å². The van der Waals surface area contributed by atoms with Crippen molar-refractivity contribution in [2.45, 2.75) is 62.7 Å². The Balaban J connectivity index is 1.48. The van der Waals surface area contributed by atoms with Crippen molar-refractivity contribution < 1.29 is 4.74 Å². The zero-order valence-corrected chi connectivity index (χ0v) is 10.2. The van der Waals surface area contributed by atoms with Crippen LogP contribution in [0.2, 0.25) is 0 Å². The van der Waals surface area contributed by atoms with Crippen molar-refractivity contribution >= 4 is 0 Å². The number of nitrogens with two attached hydrogens (primary N) is 1. The first-order chi connectivity index (χ1) is 7.76. The van der Waals surface area contributed by atoms with Crippen molar-refractivity contribution in [3.63, 3.8) is 0 Å². The molecule has 2 N–H and O–H groups in total. The largest absolute Gasteiger partial charge is 0.370 e. The molecule has 3 heteroatoms. The average Bonchev–Trinajstić information content (AvgIpc) is 2.61. The molecule has 1 unspecified atom stereocenters. The zero-order chi connectivity index (χ0) is 11.0. The number of ether oxygens (including phenoxy) is 1. The molecule has 16 heavy (non-hydrogen) atoms. The quantitative estimate of drug-likeness (QED) is 0.772. The first-order valence-electron chi connectivity index (χ1n) is 6.92. The third kappa shape index (κ3) is 2.13. The summed E-state index contributed by atoms with van der Waals surface area (Å²) in [5, 5.41) is 0. The number of likely N-dealkylation sites (tertiary alicyclic amines) is 1. The van der Waals surface area contributed by atoms with Crippen LogP contribution in [0, 0.1) is 0 Å². The number of rotatable bonds is 2. The van der Waals surface area contributed by atoms with E-state index in [-0.39, 0.29) is 5.60 Å². The summed E-state index contributed by atoms with van der Waals surface area (Å²) >= 11 is 0. The van der Waals surface area contributed by atoms with E-state index >= 15 is 0 Å². The van der Waals surface area contributed by atoms with E-state index in [1.807, 2.05) is 0 Å². The highest BCUT2D eigenvalue weighted by molar-refractivity contribution is 4.93. The Bertz CT molecular complexity index is 244. The van der Waals surface area contributed by atoms with Gasteiger partial charge in [0.05, 0.1) is 11.7 Å². The molecule has 3 nitrogen and oxygen atoms in total. The molecule has 0 amide bonds. The van der Waals surface area contributed by atoms with Gasteiger partial charge in [0.2, 0.25) is 0 Å². The van der Waals surface area contributed by atoms with Gasteiger partial charge in [0.1, 0.15) is 0 Å². The molecule has 1 saturated carbocycles. The van der Waals surface area contributed by atoms with Crippen LogP contribution in [0.1, 0.15) is 44.9 Å². The van der Waals surface area contributed by atoms with Crippen molar-refractivity contribution in [1.29, 1.82) is 0 Å². The Hall–Kier alpha value is -0.120. The second-order valence-corrected chi connectivity index (χ2v) is 6.00. The summed E-state index contributed by atoms with van der Waals surface area (Å²) in [6.45, 7) is 3.27. The number of hydrogen-bond donors (Lipinski definition) is 1. The second-order valence-electron chi connectivity index (χ2n) is 6.00. The van der Waals surface area contributed by atoms with E-state index in [4.69, 9.17) is 10.5 Å². The summed E-state index contributed by atoms with van der Waals surface area (Å²) in [6, 6.07) is 0.421. The van der Waals surface area contributed by atoms with Gasteiger partial charge in [-0.25, -0.2) is 0 Å². The van der Waals surface area contributed by atoms with E-state index in [0.717, 1.165) is 19.6 Å². The first-order valence-corrected chi connectivity index (χ1v) is 6.92. The number of nitrogens with zero attached hydrogens (tertiary/aromatic N) is 1. The van der Waals surface area contributed by atoms with Crippen LogP contribution in [-0.4, -0.2) is 42.3 Å². The molecule has 1 atom stereocenters. The van der Waals surface area contributed by atoms with Gasteiger partial charge in [-0.2, -0.15) is 0 Å². The van der Waals surface area contributed by atoms with Crippen molar-refractivity contribution in [3.05, 3.63) is 0 Å². The highest BCUT2D eigenvalue weighted by Crippen LogP contribution is 2.42. The van der Waals surface area contributed by atoms with E-state index < -0.39 is 0 Å². The molecule has 2 aliphatic heterocycles. The molecular formula is C13H24N2O. The van der Waals surface area contributed by atoms with Gasteiger partial charge in [0.25, 0.3) is 0 Å². The fraction of sp³-hybridized carbons (Fsp3) is 1.00. The Morgan fingerprint density at radius 1 is 1.12 bits per heavy atom. The van der Waals surface area contributed by atoms with Gasteiger partial charge in [-0.1, -0.05) is 19.3 Å². The van der Waals surface area contributed by atoms with Crippen LogP contribution in [0.3, 0.4) is 0 Å². The van der Waals surface area contributed by atoms with E-state index in [1.54, 1.807) is 0 Å². The minimum absolute atomic E-state index is 0.288. The molecule has 0 aromatic rings. The SMILES string of the molecule is NC1CN(CC2CCC3(CCCCC3)O2)C1. The molecule has 92 valence electrons. The lowest BCUT2D eigenvalue weighted by atomic mass is 9.83. The van der Waals surface area contributed by atoms with E-state index in [1.165, 1.54) is 44.9 Å². The van der Waals surface area contributed by atoms with E-state index in [2.05, 4.69) is 4.90 Å². The maximum absolute atomic E-state index is 6.35. The van der Waals surface area contributed by atoms with Crippen molar-refractivity contribution in [1.82, 2.24) is 4.90 Å². The smallest absolute Gasteiger partial charge is 0.0710 e. The molecule has 0 aromatic carbocycles. The van der Waals surface area contributed by atoms with Crippen LogP contribution in [0.25, 0.3) is 0 Å². The normalized spacial score (nSPS) is 35.4. The molecular weight excluding hydrogens is 200 g/mol. The molecule has 2 saturated heterocycles. The van der Waals surface area contributed by atoms with Gasteiger partial charge >= 0.3 is 0 Å². The summed E-state index contributed by atoms with van der Waals surface area (Å²) < 4.78 is 6.35. The topological polar surface area (TPSA) is 38.5 Å².